The van der Waals surface area contributed by atoms with Crippen LogP contribution in [-0.4, -0.2) is 38.1 Å². The van der Waals surface area contributed by atoms with E-state index in [-0.39, 0.29) is 0 Å². The Labute approximate surface area is 77.3 Å². The average molecular weight is 172 g/mol. The van der Waals surface area contributed by atoms with Crippen LogP contribution in [0.2, 0.25) is 0 Å². The fourth-order valence-corrected chi connectivity index (χ4v) is 1.37. The predicted octanol–water partition coefficient (Wildman–Crippen LogP) is 1.72. The molecule has 2 heteroatoms. The van der Waals surface area contributed by atoms with Gasteiger partial charge in [0, 0.05) is 6.04 Å². The Kier molecular flexibility index (Phi) is 7.51. The largest absolute Gasteiger partial charge is 0.320 e. The van der Waals surface area contributed by atoms with Crippen molar-refractivity contribution < 1.29 is 0 Å². The second-order valence-corrected chi connectivity index (χ2v) is 3.58. The summed E-state index contributed by atoms with van der Waals surface area (Å²) in [6, 6.07) is 0.735. The third-order valence-electron chi connectivity index (χ3n) is 2.38. The molecule has 0 bridgehead atoms. The van der Waals surface area contributed by atoms with Crippen molar-refractivity contribution in [2.45, 2.75) is 39.2 Å². The van der Waals surface area contributed by atoms with Crippen LogP contribution < -0.4 is 5.32 Å². The Morgan fingerprint density at radius 2 is 2.08 bits per heavy atom. The topological polar surface area (TPSA) is 15.3 Å². The second kappa shape index (κ2) is 7.56. The van der Waals surface area contributed by atoms with E-state index in [0.29, 0.717) is 0 Å². The molecule has 0 aromatic rings. The number of hydrogen-bond donors (Lipinski definition) is 1. The molecule has 1 unspecified atom stereocenters. The minimum absolute atomic E-state index is 0.735. The van der Waals surface area contributed by atoms with E-state index in [1.165, 1.54) is 25.8 Å². The van der Waals surface area contributed by atoms with Crippen molar-refractivity contribution in [1.82, 2.24) is 10.2 Å². The summed E-state index contributed by atoms with van der Waals surface area (Å²) in [6.07, 6.45) is 3.84. The molecule has 0 saturated carbocycles. The van der Waals surface area contributed by atoms with Gasteiger partial charge in [0.25, 0.3) is 0 Å². The molecule has 0 fully saturated rings. The van der Waals surface area contributed by atoms with Gasteiger partial charge in [-0.2, -0.15) is 0 Å². The van der Waals surface area contributed by atoms with E-state index >= 15 is 0 Å². The summed E-state index contributed by atoms with van der Waals surface area (Å²) in [6.45, 7) is 6.91. The van der Waals surface area contributed by atoms with Crippen molar-refractivity contribution in [1.29, 1.82) is 0 Å². The van der Waals surface area contributed by atoms with Crippen LogP contribution in [0.5, 0.6) is 0 Å². The van der Waals surface area contributed by atoms with E-state index < -0.39 is 0 Å². The molecule has 0 saturated heterocycles. The summed E-state index contributed by atoms with van der Waals surface area (Å²) >= 11 is 0. The molecule has 1 atom stereocenters. The molecule has 0 aromatic carbocycles. The summed E-state index contributed by atoms with van der Waals surface area (Å²) in [7, 11) is 4.23. The zero-order chi connectivity index (χ0) is 9.40. The number of rotatable bonds is 7. The molecule has 74 valence electrons. The molecule has 0 aliphatic heterocycles. The maximum absolute atomic E-state index is 3.18. The van der Waals surface area contributed by atoms with Crippen LogP contribution in [0.3, 0.4) is 0 Å². The monoisotopic (exact) mass is 172 g/mol. The van der Waals surface area contributed by atoms with E-state index in [9.17, 15) is 0 Å². The molecule has 0 aromatic heterocycles. The zero-order valence-corrected chi connectivity index (χ0v) is 9.06. The standard InChI is InChI=1S/C10H24N2/c1-5-9-12(4)10(2)7-6-8-11-3/h10-11H,5-9H2,1-4H3. The van der Waals surface area contributed by atoms with Gasteiger partial charge in [0.15, 0.2) is 0 Å². The maximum atomic E-state index is 3.18. The molecule has 12 heavy (non-hydrogen) atoms. The zero-order valence-electron chi connectivity index (χ0n) is 9.06. The summed E-state index contributed by atoms with van der Waals surface area (Å²) in [4.78, 5) is 2.44. The van der Waals surface area contributed by atoms with Crippen LogP contribution in [0.25, 0.3) is 0 Å². The van der Waals surface area contributed by atoms with Gasteiger partial charge in [-0.25, -0.2) is 0 Å². The summed E-state index contributed by atoms with van der Waals surface area (Å²) in [5, 5.41) is 3.18. The van der Waals surface area contributed by atoms with E-state index in [1.54, 1.807) is 0 Å². The van der Waals surface area contributed by atoms with Crippen molar-refractivity contribution in [3.05, 3.63) is 0 Å². The van der Waals surface area contributed by atoms with E-state index in [0.717, 1.165) is 12.6 Å². The molecular formula is C10H24N2. The molecule has 0 aliphatic carbocycles. The smallest absolute Gasteiger partial charge is 0.00643 e. The molecule has 0 radical (unpaired) electrons. The highest BCUT2D eigenvalue weighted by atomic mass is 15.1. The lowest BCUT2D eigenvalue weighted by molar-refractivity contribution is 0.243. The van der Waals surface area contributed by atoms with Gasteiger partial charge >= 0.3 is 0 Å². The Bertz CT molecular complexity index is 93.8. The van der Waals surface area contributed by atoms with Gasteiger partial charge in [0.2, 0.25) is 0 Å². The lowest BCUT2D eigenvalue weighted by atomic mass is 10.1. The predicted molar refractivity (Wildman–Crippen MR) is 55.5 cm³/mol. The van der Waals surface area contributed by atoms with Crippen LogP contribution >= 0.6 is 0 Å². The highest BCUT2D eigenvalue weighted by Gasteiger charge is 2.06. The highest BCUT2D eigenvalue weighted by molar-refractivity contribution is 4.62. The van der Waals surface area contributed by atoms with Gasteiger partial charge in [-0.15, -0.1) is 0 Å². The van der Waals surface area contributed by atoms with Crippen molar-refractivity contribution in [2.75, 3.05) is 27.2 Å². The maximum Gasteiger partial charge on any atom is 0.00643 e. The normalized spacial score (nSPS) is 13.8. The van der Waals surface area contributed by atoms with Gasteiger partial charge < -0.3 is 10.2 Å². The lowest BCUT2D eigenvalue weighted by Gasteiger charge is -2.23. The molecule has 2 nitrogen and oxygen atoms in total. The minimum Gasteiger partial charge on any atom is -0.320 e. The molecule has 0 aliphatic rings. The number of nitrogens with one attached hydrogen (secondary N) is 1. The highest BCUT2D eigenvalue weighted by Crippen LogP contribution is 2.03. The summed E-state index contributed by atoms with van der Waals surface area (Å²) < 4.78 is 0. The van der Waals surface area contributed by atoms with Gasteiger partial charge in [-0.3, -0.25) is 0 Å². The molecule has 0 heterocycles. The third kappa shape index (κ3) is 5.56. The molecule has 0 spiro atoms. The van der Waals surface area contributed by atoms with E-state index in [1.807, 2.05) is 7.05 Å². The summed E-state index contributed by atoms with van der Waals surface area (Å²) in [5.41, 5.74) is 0. The Morgan fingerprint density at radius 1 is 1.42 bits per heavy atom. The first-order chi connectivity index (χ1) is 5.72. The van der Waals surface area contributed by atoms with E-state index in [4.69, 9.17) is 0 Å². The Balaban J connectivity index is 3.35. The quantitative estimate of drug-likeness (QED) is 0.588. The summed E-state index contributed by atoms with van der Waals surface area (Å²) in [5.74, 6) is 0. The van der Waals surface area contributed by atoms with Crippen LogP contribution in [0, 0.1) is 0 Å². The van der Waals surface area contributed by atoms with Crippen LogP contribution in [0.4, 0.5) is 0 Å². The molecular weight excluding hydrogens is 148 g/mol. The van der Waals surface area contributed by atoms with Crippen molar-refractivity contribution in [3.63, 3.8) is 0 Å². The van der Waals surface area contributed by atoms with Gasteiger partial charge in [0.05, 0.1) is 0 Å². The number of nitrogens with zero attached hydrogens (tertiary/aromatic N) is 1. The SMILES string of the molecule is CCCN(C)C(C)CCCNC. The number of hydrogen-bond acceptors (Lipinski definition) is 2. The van der Waals surface area contributed by atoms with Gasteiger partial charge in [-0.1, -0.05) is 6.92 Å². The van der Waals surface area contributed by atoms with Crippen molar-refractivity contribution in [3.8, 4) is 0 Å². The minimum atomic E-state index is 0.735. The van der Waals surface area contributed by atoms with Crippen LogP contribution in [0.1, 0.15) is 33.1 Å². The van der Waals surface area contributed by atoms with Gasteiger partial charge in [-0.05, 0) is 53.4 Å². The lowest BCUT2D eigenvalue weighted by Crippen LogP contribution is -2.30. The van der Waals surface area contributed by atoms with Crippen LogP contribution in [0.15, 0.2) is 0 Å². The van der Waals surface area contributed by atoms with E-state index in [2.05, 4.69) is 31.1 Å². The first kappa shape index (κ1) is 11.9. The van der Waals surface area contributed by atoms with Crippen LogP contribution in [-0.2, 0) is 0 Å². The first-order valence-electron chi connectivity index (χ1n) is 5.07. The van der Waals surface area contributed by atoms with Crippen molar-refractivity contribution >= 4 is 0 Å². The molecule has 0 amide bonds. The molecule has 0 rings (SSSR count). The second-order valence-electron chi connectivity index (χ2n) is 3.58. The first-order valence-corrected chi connectivity index (χ1v) is 5.07. The average Bonchev–Trinajstić information content (AvgIpc) is 2.05. The Morgan fingerprint density at radius 3 is 2.58 bits per heavy atom. The Hall–Kier alpha value is -0.0800. The fourth-order valence-electron chi connectivity index (χ4n) is 1.37. The fraction of sp³-hybridized carbons (Fsp3) is 1.00. The van der Waals surface area contributed by atoms with Crippen molar-refractivity contribution in [2.24, 2.45) is 0 Å². The molecule has 1 N–H and O–H groups in total. The third-order valence-corrected chi connectivity index (χ3v) is 2.38. The van der Waals surface area contributed by atoms with Gasteiger partial charge in [0.1, 0.15) is 0 Å².